The van der Waals surface area contributed by atoms with E-state index in [-0.39, 0.29) is 23.0 Å². The Kier molecular flexibility index (Phi) is 6.84. The highest BCUT2D eigenvalue weighted by Gasteiger charge is 2.34. The first kappa shape index (κ1) is 23.3. The summed E-state index contributed by atoms with van der Waals surface area (Å²) >= 11 is 1.07. The number of thioether (sulfide) groups is 1. The molecular weight excluding hydrogens is 448 g/mol. The fourth-order valence-electron chi connectivity index (χ4n) is 3.86. The first-order valence-electron chi connectivity index (χ1n) is 10.8. The molecule has 1 N–H and O–H groups in total. The molecule has 172 valence electrons. The van der Waals surface area contributed by atoms with Crippen molar-refractivity contribution in [2.75, 3.05) is 6.61 Å². The Bertz CT molecular complexity index is 1380. The molecule has 0 fully saturated rings. The second-order valence-corrected chi connectivity index (χ2v) is 8.59. The van der Waals surface area contributed by atoms with Crippen molar-refractivity contribution in [2.45, 2.75) is 20.4 Å². The van der Waals surface area contributed by atoms with Gasteiger partial charge in [-0.1, -0.05) is 54.2 Å². The highest BCUT2D eigenvalue weighted by atomic mass is 32.2. The lowest BCUT2D eigenvalue weighted by Crippen LogP contribution is -2.14. The molecule has 4 rings (SSSR count). The van der Waals surface area contributed by atoms with E-state index in [4.69, 9.17) is 4.74 Å². The van der Waals surface area contributed by atoms with Gasteiger partial charge >= 0.3 is 5.97 Å². The topological polar surface area (TPSA) is 80.9 Å². The summed E-state index contributed by atoms with van der Waals surface area (Å²) in [6.07, 6.45) is 3.66. The average Bonchev–Trinajstić information content (AvgIpc) is 3.29. The van der Waals surface area contributed by atoms with Crippen molar-refractivity contribution in [3.8, 4) is 0 Å². The summed E-state index contributed by atoms with van der Waals surface area (Å²) in [6, 6.07) is 16.5. The van der Waals surface area contributed by atoms with Crippen LogP contribution in [0.2, 0.25) is 0 Å². The molecule has 7 heteroatoms. The molecule has 1 aliphatic heterocycles. The van der Waals surface area contributed by atoms with E-state index in [1.54, 1.807) is 37.3 Å². The number of allylic oxidation sites excluding steroid dienone is 1. The van der Waals surface area contributed by atoms with Gasteiger partial charge in [-0.15, -0.1) is 6.58 Å². The van der Waals surface area contributed by atoms with E-state index >= 15 is 0 Å². The molecule has 0 unspecified atom stereocenters. The molecule has 0 radical (unpaired) electrons. The number of ether oxygens (including phenoxy) is 1. The number of carbonyl (C=O) groups is 2. The summed E-state index contributed by atoms with van der Waals surface area (Å²) < 4.78 is 7.27. The number of para-hydroxylation sites is 1. The van der Waals surface area contributed by atoms with Crippen LogP contribution >= 0.6 is 11.8 Å². The normalized spacial score (nSPS) is 15.9. The minimum atomic E-state index is -0.721. The number of rotatable bonds is 6. The van der Waals surface area contributed by atoms with E-state index in [1.807, 2.05) is 43.3 Å². The van der Waals surface area contributed by atoms with Gasteiger partial charge in [-0.25, -0.2) is 9.79 Å². The van der Waals surface area contributed by atoms with Crippen molar-refractivity contribution >= 4 is 45.7 Å². The molecule has 2 heterocycles. The summed E-state index contributed by atoms with van der Waals surface area (Å²) in [7, 11) is 0. The standard InChI is InChI=1S/C27H24N2O4S/c1-4-15-29-17(3)20(19-13-9-10-14-21(19)29)16-22-24(30)23(27(32)33-5-2)26(34-22)28-25(31)18-11-7-6-8-12-18/h4,6-14,16,30H,1,5,15H2,2-3H3/b22-16-,28-26?. The van der Waals surface area contributed by atoms with Crippen LogP contribution in [-0.4, -0.2) is 33.2 Å². The number of aliphatic hydroxyl groups is 1. The van der Waals surface area contributed by atoms with Gasteiger partial charge in [0.25, 0.3) is 5.91 Å². The van der Waals surface area contributed by atoms with Crippen LogP contribution in [-0.2, 0) is 16.1 Å². The summed E-state index contributed by atoms with van der Waals surface area (Å²) in [6.45, 7) is 8.29. The summed E-state index contributed by atoms with van der Waals surface area (Å²) in [5, 5.41) is 12.1. The maximum atomic E-state index is 12.7. The monoisotopic (exact) mass is 472 g/mol. The van der Waals surface area contributed by atoms with Crippen molar-refractivity contribution in [3.05, 3.63) is 100 Å². The van der Waals surface area contributed by atoms with Crippen LogP contribution in [0.4, 0.5) is 0 Å². The number of aromatic nitrogens is 1. The molecule has 34 heavy (non-hydrogen) atoms. The second kappa shape index (κ2) is 9.97. The molecule has 3 aromatic rings. The first-order chi connectivity index (χ1) is 16.5. The summed E-state index contributed by atoms with van der Waals surface area (Å²) in [4.78, 5) is 30.0. The molecule has 0 saturated heterocycles. The molecular formula is C27H24N2O4S. The van der Waals surface area contributed by atoms with Crippen molar-refractivity contribution in [1.82, 2.24) is 4.57 Å². The smallest absolute Gasteiger partial charge is 0.344 e. The maximum Gasteiger partial charge on any atom is 0.344 e. The van der Waals surface area contributed by atoms with Gasteiger partial charge < -0.3 is 14.4 Å². The lowest BCUT2D eigenvalue weighted by atomic mass is 10.1. The highest BCUT2D eigenvalue weighted by molar-refractivity contribution is 8.18. The summed E-state index contributed by atoms with van der Waals surface area (Å²) in [5.41, 5.74) is 3.22. The molecule has 2 aromatic carbocycles. The lowest BCUT2D eigenvalue weighted by molar-refractivity contribution is -0.138. The minimum absolute atomic E-state index is 0.102. The van der Waals surface area contributed by atoms with Crippen LogP contribution < -0.4 is 0 Å². The number of benzene rings is 2. The van der Waals surface area contributed by atoms with Gasteiger partial charge in [0.2, 0.25) is 0 Å². The van der Waals surface area contributed by atoms with Crippen LogP contribution in [0.3, 0.4) is 0 Å². The fraction of sp³-hybridized carbons (Fsp3) is 0.148. The zero-order valence-corrected chi connectivity index (χ0v) is 19.8. The average molecular weight is 473 g/mol. The molecule has 6 nitrogen and oxygen atoms in total. The van der Waals surface area contributed by atoms with Crippen molar-refractivity contribution in [2.24, 2.45) is 4.99 Å². The second-order valence-electron chi connectivity index (χ2n) is 7.56. The van der Waals surface area contributed by atoms with E-state index in [9.17, 15) is 14.7 Å². The number of carbonyl (C=O) groups excluding carboxylic acids is 2. The predicted molar refractivity (Wildman–Crippen MR) is 137 cm³/mol. The van der Waals surface area contributed by atoms with E-state index in [1.165, 1.54) is 0 Å². The number of hydrogen-bond acceptors (Lipinski definition) is 5. The van der Waals surface area contributed by atoms with Crippen molar-refractivity contribution in [3.63, 3.8) is 0 Å². The van der Waals surface area contributed by atoms with Crippen LogP contribution in [0.1, 0.15) is 28.5 Å². The molecule has 0 saturated carbocycles. The van der Waals surface area contributed by atoms with E-state index < -0.39 is 11.9 Å². The molecule has 1 aromatic heterocycles. The summed E-state index contributed by atoms with van der Waals surface area (Å²) in [5.74, 6) is -1.47. The maximum absolute atomic E-state index is 12.7. The number of aliphatic hydroxyl groups excluding tert-OH is 1. The quantitative estimate of drug-likeness (QED) is 0.360. The van der Waals surface area contributed by atoms with Crippen LogP contribution in [0.15, 0.2) is 88.5 Å². The number of fused-ring (bicyclic) bond motifs is 1. The Labute approximate surface area is 202 Å². The molecule has 0 spiro atoms. The minimum Gasteiger partial charge on any atom is -0.506 e. The number of hydrogen-bond donors (Lipinski definition) is 1. The van der Waals surface area contributed by atoms with Gasteiger partial charge in [0, 0.05) is 34.3 Å². The zero-order chi connectivity index (χ0) is 24.2. The fourth-order valence-corrected chi connectivity index (χ4v) is 4.86. The molecule has 0 atom stereocenters. The van der Waals surface area contributed by atoms with E-state index in [0.29, 0.717) is 17.0 Å². The van der Waals surface area contributed by atoms with Gasteiger partial charge in [-0.3, -0.25) is 4.79 Å². The molecule has 0 aliphatic carbocycles. The Morgan fingerprint density at radius 2 is 1.85 bits per heavy atom. The molecule has 1 aliphatic rings. The van der Waals surface area contributed by atoms with Crippen molar-refractivity contribution in [1.29, 1.82) is 0 Å². The van der Waals surface area contributed by atoms with E-state index in [2.05, 4.69) is 16.1 Å². The Morgan fingerprint density at radius 3 is 2.56 bits per heavy atom. The third kappa shape index (κ3) is 4.34. The van der Waals surface area contributed by atoms with Gasteiger partial charge in [-0.2, -0.15) is 0 Å². The molecule has 1 amide bonds. The van der Waals surface area contributed by atoms with E-state index in [0.717, 1.165) is 33.9 Å². The van der Waals surface area contributed by atoms with Gasteiger partial charge in [0.05, 0.1) is 11.5 Å². The van der Waals surface area contributed by atoms with Gasteiger partial charge in [-0.05, 0) is 38.1 Å². The van der Waals surface area contributed by atoms with Crippen LogP contribution in [0, 0.1) is 6.92 Å². The number of amides is 1. The Morgan fingerprint density at radius 1 is 1.15 bits per heavy atom. The lowest BCUT2D eigenvalue weighted by Gasteiger charge is -2.04. The zero-order valence-electron chi connectivity index (χ0n) is 18.9. The largest absolute Gasteiger partial charge is 0.506 e. The van der Waals surface area contributed by atoms with Crippen LogP contribution in [0.25, 0.3) is 17.0 Å². The van der Waals surface area contributed by atoms with Crippen LogP contribution in [0.5, 0.6) is 0 Å². The number of nitrogens with zero attached hydrogens (tertiary/aromatic N) is 2. The number of esters is 1. The Hall–Kier alpha value is -3.84. The number of aliphatic imine (C=N–C) groups is 1. The third-order valence-electron chi connectivity index (χ3n) is 5.46. The first-order valence-corrected chi connectivity index (χ1v) is 11.6. The predicted octanol–water partition coefficient (Wildman–Crippen LogP) is 5.84. The third-order valence-corrected chi connectivity index (χ3v) is 6.48. The molecule has 0 bridgehead atoms. The van der Waals surface area contributed by atoms with Gasteiger partial charge in [0.15, 0.2) is 0 Å². The SMILES string of the molecule is C=CCn1c(C)c(/C=C2\SC(=NC(=O)c3ccccc3)C(C(=O)OCC)=C2O)c2ccccc21. The van der Waals surface area contributed by atoms with Crippen molar-refractivity contribution < 1.29 is 19.4 Å². The highest BCUT2D eigenvalue weighted by Crippen LogP contribution is 2.41. The van der Waals surface area contributed by atoms with Gasteiger partial charge in [0.1, 0.15) is 16.4 Å². The Balaban J connectivity index is 1.83.